The molecule has 2 aliphatic carbocycles. The molecule has 0 radical (unpaired) electrons. The molecule has 0 saturated heterocycles. The van der Waals surface area contributed by atoms with Crippen molar-refractivity contribution >= 4 is 17.4 Å². The molecule has 0 aromatic rings. The van der Waals surface area contributed by atoms with E-state index in [1.807, 2.05) is 13.8 Å². The summed E-state index contributed by atoms with van der Waals surface area (Å²) in [6.45, 7) is 11.2. The summed E-state index contributed by atoms with van der Waals surface area (Å²) in [5.41, 5.74) is 2.13. The minimum atomic E-state index is -2.10. The average Bonchev–Trinajstić information content (AvgIpc) is 2.83. The van der Waals surface area contributed by atoms with E-state index in [4.69, 9.17) is 0 Å². The molecule has 3 atom stereocenters. The van der Waals surface area contributed by atoms with Crippen LogP contribution in [-0.2, 0) is 21.6 Å². The van der Waals surface area contributed by atoms with Crippen LogP contribution in [0.15, 0.2) is 48.6 Å². The van der Waals surface area contributed by atoms with E-state index in [1.54, 1.807) is 0 Å². The fraction of sp³-hybridized carbons (Fsp3) is 0.500. The maximum Gasteiger partial charge on any atom is -0.0149 e. The van der Waals surface area contributed by atoms with Gasteiger partial charge in [-0.25, -0.2) is 0 Å². The van der Waals surface area contributed by atoms with Crippen molar-refractivity contribution in [3.8, 4) is 0 Å². The predicted molar refractivity (Wildman–Crippen MR) is 100 cm³/mol. The van der Waals surface area contributed by atoms with Crippen LogP contribution in [0.25, 0.3) is 0 Å². The second-order valence-corrected chi connectivity index (χ2v) is 13.7. The molecule has 22 heavy (non-hydrogen) atoms. The van der Waals surface area contributed by atoms with Crippen LogP contribution in [0.3, 0.4) is 0 Å². The molecule has 2 nitrogen and oxygen atoms in total. The van der Waals surface area contributed by atoms with Gasteiger partial charge in [-0.2, -0.15) is 0 Å². The summed E-state index contributed by atoms with van der Waals surface area (Å²) in [5.74, 6) is 1.43. The Labute approximate surface area is 144 Å². The molecule has 1 N–H and O–H groups in total. The zero-order chi connectivity index (χ0) is 16.0. The van der Waals surface area contributed by atoms with Crippen LogP contribution in [0.1, 0.15) is 26.7 Å². The van der Waals surface area contributed by atoms with Gasteiger partial charge in [-0.05, 0) is 24.8 Å². The van der Waals surface area contributed by atoms with Gasteiger partial charge in [-0.3, -0.25) is 0 Å². The summed E-state index contributed by atoms with van der Waals surface area (Å²) >= 11 is -2.10. The summed E-state index contributed by atoms with van der Waals surface area (Å²) in [7, 11) is 0. The first-order valence-electron chi connectivity index (χ1n) is 7.67. The Morgan fingerprint density at radius 2 is 1.68 bits per heavy atom. The Balaban J connectivity index is 0.000000546. The number of hydrogen-bond donors (Lipinski definition) is 1. The number of carbonyl (C=O) groups is 1. The minimum Gasteiger partial charge on any atom is -0.0149 e. The smallest absolute Gasteiger partial charge is 0.0149 e. The van der Waals surface area contributed by atoms with E-state index < -0.39 is 16.8 Å². The minimum absolute atomic E-state index is 0. The molecule has 2 rings (SSSR count). The van der Waals surface area contributed by atoms with Gasteiger partial charge in [0, 0.05) is 0 Å². The van der Waals surface area contributed by atoms with Crippen LogP contribution in [0.4, 0.5) is 0 Å². The first-order valence-corrected chi connectivity index (χ1v) is 12.5. The van der Waals surface area contributed by atoms with Gasteiger partial charge < -0.3 is 0 Å². The standard InChI is InChI=1S/C9H11.C6H10.CH3NO.2CH3.H4Si.Ti/c1-2-5-9-7-3-6-8(9)4-1;1-5(2)6(3)4;2-1-3;;;;/h1-2,4-6,8-9H,3,7H2;1,3H2,2,4H3;1H,(H2,2,3);2*1H3;1H4;/q;;;;;;+1/p-1. The molecule has 0 heterocycles. The van der Waals surface area contributed by atoms with Crippen LogP contribution in [0.2, 0.25) is 14.7 Å². The van der Waals surface area contributed by atoms with E-state index in [-0.39, 0.29) is 11.0 Å². The molecule has 1 fully saturated rings. The summed E-state index contributed by atoms with van der Waals surface area (Å²) in [4.78, 5) is 10.6. The van der Waals surface area contributed by atoms with Gasteiger partial charge in [-0.1, -0.05) is 24.3 Å². The first-order chi connectivity index (χ1) is 9.79. The molecule has 124 valence electrons. The first kappa shape index (κ1) is 21.4. The zero-order valence-electron chi connectivity index (χ0n) is 13.9. The van der Waals surface area contributed by atoms with Gasteiger partial charge >= 0.3 is 95.5 Å². The van der Waals surface area contributed by atoms with Crippen molar-refractivity contribution in [1.29, 1.82) is 0 Å². The van der Waals surface area contributed by atoms with Crippen molar-refractivity contribution in [3.63, 3.8) is 0 Å². The zero-order valence-corrected chi connectivity index (χ0v) is 15.4. The van der Waals surface area contributed by atoms with Gasteiger partial charge in [0.1, 0.15) is 0 Å². The van der Waals surface area contributed by atoms with E-state index in [1.165, 1.54) is 12.8 Å². The molecule has 1 saturated carbocycles. The van der Waals surface area contributed by atoms with E-state index in [9.17, 15) is 4.79 Å². The van der Waals surface area contributed by atoms with E-state index in [0.29, 0.717) is 5.92 Å². The van der Waals surface area contributed by atoms with E-state index in [0.717, 1.165) is 27.7 Å². The third-order valence-electron chi connectivity index (χ3n) is 4.66. The van der Waals surface area contributed by atoms with Crippen molar-refractivity contribution in [2.24, 2.45) is 11.8 Å². The van der Waals surface area contributed by atoms with Crippen molar-refractivity contribution in [1.82, 2.24) is 3.80 Å². The monoisotopic (exact) mass is 355 g/mol. The number of amides is 1. The third kappa shape index (κ3) is 5.86. The van der Waals surface area contributed by atoms with Crippen molar-refractivity contribution < 1.29 is 21.6 Å². The number of allylic oxidation sites excluding steroid dienone is 6. The van der Waals surface area contributed by atoms with Crippen LogP contribution in [-0.4, -0.2) is 17.4 Å². The topological polar surface area (TPSA) is 29.1 Å². The number of rotatable bonds is 4. The van der Waals surface area contributed by atoms with Gasteiger partial charge in [0.15, 0.2) is 0 Å². The third-order valence-corrected chi connectivity index (χ3v) is 9.95. The van der Waals surface area contributed by atoms with Gasteiger partial charge in [-0.15, -0.1) is 0 Å². The van der Waals surface area contributed by atoms with Crippen molar-refractivity contribution in [3.05, 3.63) is 48.6 Å². The molecular formula is C18H33NOSiTi. The van der Waals surface area contributed by atoms with Crippen LogP contribution >= 0.6 is 0 Å². The molecule has 1 amide bonds. The summed E-state index contributed by atoms with van der Waals surface area (Å²) in [6.07, 6.45) is 12.5. The molecule has 2 aliphatic rings. The number of hydrogen-bond acceptors (Lipinski definition) is 1. The number of carbonyl (C=O) groups excluding carboxylic acids is 1. The van der Waals surface area contributed by atoms with Crippen molar-refractivity contribution in [2.45, 2.75) is 41.4 Å². The predicted octanol–water partition coefficient (Wildman–Crippen LogP) is 3.53. The summed E-state index contributed by atoms with van der Waals surface area (Å²) in [5, 5.41) is 4.63. The summed E-state index contributed by atoms with van der Waals surface area (Å²) in [6, 6.07) is 0. The number of nitrogens with one attached hydrogen (secondary N) is 1. The maximum absolute atomic E-state index is 10.6. The number of fused-ring (bicyclic) bond motifs is 1. The molecule has 0 aliphatic heterocycles. The fourth-order valence-corrected chi connectivity index (χ4v) is 7.31. The maximum atomic E-state index is 10.6. The quantitative estimate of drug-likeness (QED) is 0.467. The molecule has 0 bridgehead atoms. The Morgan fingerprint density at radius 3 is 2.18 bits per heavy atom. The van der Waals surface area contributed by atoms with E-state index in [2.05, 4.69) is 51.7 Å². The summed E-state index contributed by atoms with van der Waals surface area (Å²) < 4.78 is 3.90. The molecule has 0 spiro atoms. The van der Waals surface area contributed by atoms with E-state index >= 15 is 0 Å². The van der Waals surface area contributed by atoms with Crippen LogP contribution < -0.4 is 3.80 Å². The molecule has 4 heteroatoms. The second kappa shape index (κ2) is 9.49. The molecule has 0 aromatic carbocycles. The largest absolute Gasteiger partial charge is 0.0149 e. The SMILES string of the molecule is C=C(C)C(=C)C.[CH3][Ti]([CH3])([NH]C=O)[CH]1CCC2C=CC=CC21.[SiH4]. The molecular weight excluding hydrogens is 322 g/mol. The van der Waals surface area contributed by atoms with Crippen LogP contribution in [0, 0.1) is 11.8 Å². The molecule has 0 aromatic heterocycles. The van der Waals surface area contributed by atoms with Gasteiger partial charge in [0.2, 0.25) is 0 Å². The normalized spacial score (nSPS) is 25.2. The van der Waals surface area contributed by atoms with Crippen LogP contribution in [0.5, 0.6) is 0 Å². The fourth-order valence-electron chi connectivity index (χ4n) is 3.06. The Hall–Kier alpha value is -0.639. The van der Waals surface area contributed by atoms with Gasteiger partial charge in [0.05, 0.1) is 0 Å². The van der Waals surface area contributed by atoms with Crippen molar-refractivity contribution in [2.75, 3.05) is 0 Å². The average molecular weight is 355 g/mol. The molecule has 3 unspecified atom stereocenters. The Kier molecular flexibility index (Phi) is 9.21. The Morgan fingerprint density at radius 1 is 1.14 bits per heavy atom. The second-order valence-electron chi connectivity index (χ2n) is 6.74. The van der Waals surface area contributed by atoms with Gasteiger partial charge in [0.25, 0.3) is 0 Å². The Bertz CT molecular complexity index is 456.